The molecule has 1 fully saturated rings. The Balaban J connectivity index is 1.99. The molecule has 4 rings (SSSR count). The first kappa shape index (κ1) is 19.4. The standard InChI is InChI=1S/C22H27N5O2/c1-4-14(3)27-19(23)16(21(28)24-15-7-5-6-8-15)11-17-20(27)25-18-10-9-13(2)12-26(18)22(17)29/h9-12,14-15,23H,4-8H2,1-3H3,(H,24,28)/t14-/m1/s1. The largest absolute Gasteiger partial charge is 0.349 e. The number of hydrogen-bond donors (Lipinski definition) is 2. The normalized spacial score (nSPS) is 15.8. The fourth-order valence-corrected chi connectivity index (χ4v) is 4.12. The van der Waals surface area contributed by atoms with Crippen molar-refractivity contribution in [3.63, 3.8) is 0 Å². The van der Waals surface area contributed by atoms with E-state index in [1.54, 1.807) is 16.8 Å². The van der Waals surface area contributed by atoms with Crippen molar-refractivity contribution in [3.05, 3.63) is 51.4 Å². The van der Waals surface area contributed by atoms with Crippen molar-refractivity contribution in [1.29, 1.82) is 5.41 Å². The van der Waals surface area contributed by atoms with Crippen LogP contribution in [0.3, 0.4) is 0 Å². The van der Waals surface area contributed by atoms with Crippen LogP contribution in [-0.2, 0) is 0 Å². The van der Waals surface area contributed by atoms with Crippen LogP contribution >= 0.6 is 0 Å². The maximum Gasteiger partial charge on any atom is 0.267 e. The van der Waals surface area contributed by atoms with Gasteiger partial charge in [0.25, 0.3) is 11.5 Å². The van der Waals surface area contributed by atoms with Gasteiger partial charge in [0.15, 0.2) is 0 Å². The van der Waals surface area contributed by atoms with Gasteiger partial charge in [0, 0.05) is 18.3 Å². The van der Waals surface area contributed by atoms with Crippen molar-refractivity contribution in [1.82, 2.24) is 19.3 Å². The summed E-state index contributed by atoms with van der Waals surface area (Å²) in [4.78, 5) is 30.9. The van der Waals surface area contributed by atoms with Gasteiger partial charge in [-0.3, -0.25) is 19.4 Å². The molecule has 0 spiro atoms. The fraction of sp³-hybridized carbons (Fsp3) is 0.455. The molecule has 2 N–H and O–H groups in total. The van der Waals surface area contributed by atoms with Crippen molar-refractivity contribution in [2.45, 2.75) is 65.0 Å². The molecule has 0 saturated heterocycles. The Kier molecular flexibility index (Phi) is 4.98. The van der Waals surface area contributed by atoms with Gasteiger partial charge in [0.05, 0.1) is 10.9 Å². The molecule has 0 aromatic carbocycles. The molecular formula is C22H27N5O2. The Morgan fingerprint density at radius 1 is 1.34 bits per heavy atom. The first-order valence-electron chi connectivity index (χ1n) is 10.3. The van der Waals surface area contributed by atoms with Gasteiger partial charge in [-0.2, -0.15) is 0 Å². The highest BCUT2D eigenvalue weighted by Crippen LogP contribution is 2.19. The van der Waals surface area contributed by atoms with Gasteiger partial charge in [-0.15, -0.1) is 0 Å². The third-order valence-electron chi connectivity index (χ3n) is 5.96. The molecule has 3 aromatic rings. The maximum atomic E-state index is 13.3. The number of rotatable bonds is 4. The number of aromatic nitrogens is 3. The lowest BCUT2D eigenvalue weighted by Gasteiger charge is -2.20. The van der Waals surface area contributed by atoms with E-state index >= 15 is 0 Å². The smallest absolute Gasteiger partial charge is 0.267 e. The zero-order valence-electron chi connectivity index (χ0n) is 17.2. The van der Waals surface area contributed by atoms with Crippen molar-refractivity contribution in [2.75, 3.05) is 0 Å². The van der Waals surface area contributed by atoms with E-state index in [2.05, 4.69) is 10.3 Å². The summed E-state index contributed by atoms with van der Waals surface area (Å²) < 4.78 is 3.24. The number of hydrogen-bond acceptors (Lipinski definition) is 4. The second kappa shape index (κ2) is 7.46. The SMILES string of the molecule is CC[C@@H](C)n1c(=N)c(C(=O)NC2CCCC2)cc2c(=O)n3cc(C)ccc3nc21. The van der Waals surface area contributed by atoms with Gasteiger partial charge in [0.2, 0.25) is 0 Å². The highest BCUT2D eigenvalue weighted by atomic mass is 16.2. The highest BCUT2D eigenvalue weighted by molar-refractivity contribution is 5.97. The van der Waals surface area contributed by atoms with E-state index < -0.39 is 0 Å². The molecule has 1 aliphatic carbocycles. The first-order valence-corrected chi connectivity index (χ1v) is 10.3. The van der Waals surface area contributed by atoms with Crippen LogP contribution in [0.1, 0.15) is 67.9 Å². The van der Waals surface area contributed by atoms with Gasteiger partial charge < -0.3 is 9.88 Å². The number of carbonyl (C=O) groups excluding carboxylic acids is 1. The lowest BCUT2D eigenvalue weighted by Crippen LogP contribution is -2.39. The van der Waals surface area contributed by atoms with Gasteiger partial charge >= 0.3 is 0 Å². The zero-order valence-corrected chi connectivity index (χ0v) is 17.2. The van der Waals surface area contributed by atoms with Crippen LogP contribution in [0.25, 0.3) is 16.7 Å². The van der Waals surface area contributed by atoms with E-state index in [0.717, 1.165) is 37.7 Å². The monoisotopic (exact) mass is 393 g/mol. The molecule has 1 amide bonds. The zero-order chi connectivity index (χ0) is 20.7. The molecule has 7 heteroatoms. The van der Waals surface area contributed by atoms with E-state index in [1.165, 1.54) is 4.40 Å². The molecule has 0 aliphatic heterocycles. The molecule has 29 heavy (non-hydrogen) atoms. The summed E-state index contributed by atoms with van der Waals surface area (Å²) in [5.74, 6) is -0.283. The first-order chi connectivity index (χ1) is 13.9. The molecule has 3 heterocycles. The van der Waals surface area contributed by atoms with Crippen LogP contribution in [0.15, 0.2) is 29.2 Å². The molecule has 0 unspecified atom stereocenters. The Labute approximate surface area is 168 Å². The van der Waals surface area contributed by atoms with E-state index in [9.17, 15) is 9.59 Å². The summed E-state index contributed by atoms with van der Waals surface area (Å²) in [6.45, 7) is 5.92. The van der Waals surface area contributed by atoms with Crippen molar-refractivity contribution in [2.24, 2.45) is 0 Å². The van der Waals surface area contributed by atoms with Crippen molar-refractivity contribution >= 4 is 22.6 Å². The van der Waals surface area contributed by atoms with Gasteiger partial charge in [-0.1, -0.05) is 25.8 Å². The van der Waals surface area contributed by atoms with Crippen LogP contribution in [0.2, 0.25) is 0 Å². The molecule has 1 aliphatic rings. The molecule has 0 bridgehead atoms. The van der Waals surface area contributed by atoms with Crippen LogP contribution < -0.4 is 16.4 Å². The van der Waals surface area contributed by atoms with Crippen LogP contribution in [0.4, 0.5) is 0 Å². The number of carbonyl (C=O) groups is 1. The Bertz CT molecular complexity index is 1220. The maximum absolute atomic E-state index is 13.3. The second-order valence-corrected chi connectivity index (χ2v) is 8.08. The topological polar surface area (TPSA) is 92.2 Å². The predicted molar refractivity (Wildman–Crippen MR) is 112 cm³/mol. The van der Waals surface area contributed by atoms with Gasteiger partial charge in [0.1, 0.15) is 16.8 Å². The van der Waals surface area contributed by atoms with Gasteiger partial charge in [-0.05, 0) is 50.8 Å². The number of pyridine rings is 2. The molecule has 3 aromatic heterocycles. The third-order valence-corrected chi connectivity index (χ3v) is 5.96. The van der Waals surface area contributed by atoms with Crippen molar-refractivity contribution < 1.29 is 4.79 Å². The third kappa shape index (κ3) is 3.34. The number of aryl methyl sites for hydroxylation is 1. The summed E-state index contributed by atoms with van der Waals surface area (Å²) >= 11 is 0. The minimum atomic E-state index is -0.283. The summed E-state index contributed by atoms with van der Waals surface area (Å²) in [6, 6.07) is 5.34. The number of nitrogens with zero attached hydrogens (tertiary/aromatic N) is 3. The second-order valence-electron chi connectivity index (χ2n) is 8.08. The molecular weight excluding hydrogens is 366 g/mol. The summed E-state index contributed by atoms with van der Waals surface area (Å²) in [5.41, 5.74) is 2.05. The average Bonchev–Trinajstić information content (AvgIpc) is 3.21. The minimum absolute atomic E-state index is 0.0657. The van der Waals surface area contributed by atoms with Crippen LogP contribution in [0, 0.1) is 12.3 Å². The van der Waals surface area contributed by atoms with Crippen molar-refractivity contribution in [3.8, 4) is 0 Å². The Morgan fingerprint density at radius 3 is 2.76 bits per heavy atom. The van der Waals surface area contributed by atoms with Gasteiger partial charge in [-0.25, -0.2) is 4.98 Å². The predicted octanol–water partition coefficient (Wildman–Crippen LogP) is 3.08. The number of fused-ring (bicyclic) bond motifs is 2. The van der Waals surface area contributed by atoms with E-state index in [4.69, 9.17) is 5.41 Å². The molecule has 1 saturated carbocycles. The molecule has 1 atom stereocenters. The van der Waals surface area contributed by atoms with Crippen LogP contribution in [0.5, 0.6) is 0 Å². The Morgan fingerprint density at radius 2 is 2.07 bits per heavy atom. The van der Waals surface area contributed by atoms with Crippen LogP contribution in [-0.4, -0.2) is 25.9 Å². The fourth-order valence-electron chi connectivity index (χ4n) is 4.12. The lowest BCUT2D eigenvalue weighted by atomic mass is 10.1. The average molecular weight is 393 g/mol. The summed E-state index contributed by atoms with van der Waals surface area (Å²) in [5, 5.41) is 12.1. The quantitative estimate of drug-likeness (QED) is 0.667. The lowest BCUT2D eigenvalue weighted by molar-refractivity contribution is 0.0935. The highest BCUT2D eigenvalue weighted by Gasteiger charge is 2.23. The van der Waals surface area contributed by atoms with E-state index in [-0.39, 0.29) is 34.6 Å². The number of nitrogens with one attached hydrogen (secondary N) is 2. The summed E-state index contributed by atoms with van der Waals surface area (Å²) in [6.07, 6.45) is 6.66. The molecule has 0 radical (unpaired) electrons. The summed E-state index contributed by atoms with van der Waals surface area (Å²) in [7, 11) is 0. The minimum Gasteiger partial charge on any atom is -0.349 e. The molecule has 7 nitrogen and oxygen atoms in total. The van der Waals surface area contributed by atoms with E-state index in [1.807, 2.05) is 32.9 Å². The molecule has 152 valence electrons. The number of amides is 1. The Hall–Kier alpha value is -2.96. The van der Waals surface area contributed by atoms with E-state index in [0.29, 0.717) is 16.7 Å².